The molecule has 3 aromatic rings. The fourth-order valence-electron chi connectivity index (χ4n) is 3.04. The molecule has 2 aromatic heterocycles. The second-order valence-electron chi connectivity index (χ2n) is 6.08. The van der Waals surface area contributed by atoms with E-state index in [9.17, 15) is 19.2 Å². The number of carbonyl (C=O) groups excluding carboxylic acids is 1. The van der Waals surface area contributed by atoms with Crippen molar-refractivity contribution in [2.24, 2.45) is 0 Å². The van der Waals surface area contributed by atoms with Crippen LogP contribution in [0.1, 0.15) is 10.6 Å². The first-order valence-corrected chi connectivity index (χ1v) is 8.29. The van der Waals surface area contributed by atoms with Crippen LogP contribution in [0.3, 0.4) is 0 Å². The summed E-state index contributed by atoms with van der Waals surface area (Å²) >= 11 is 0. The fraction of sp³-hybridized carbons (Fsp3) is 0.235. The molecule has 1 amide bonds. The second-order valence-corrected chi connectivity index (χ2v) is 6.08. The lowest BCUT2D eigenvalue weighted by atomic mass is 10.2. The molecule has 1 fully saturated rings. The van der Waals surface area contributed by atoms with Crippen molar-refractivity contribution in [3.8, 4) is 0 Å². The van der Waals surface area contributed by atoms with Crippen LogP contribution in [0.4, 0.5) is 5.82 Å². The van der Waals surface area contributed by atoms with E-state index in [2.05, 4.69) is 15.2 Å². The molecule has 0 atom stereocenters. The molecule has 0 spiro atoms. The minimum atomic E-state index is -0.677. The van der Waals surface area contributed by atoms with E-state index in [4.69, 9.17) is 4.42 Å². The fourth-order valence-corrected chi connectivity index (χ4v) is 3.04. The summed E-state index contributed by atoms with van der Waals surface area (Å²) in [6.45, 7) is 1.34. The van der Waals surface area contributed by atoms with E-state index in [1.54, 1.807) is 34.1 Å². The number of hydrogen-bond acceptors (Lipinski definition) is 7. The van der Waals surface area contributed by atoms with Crippen molar-refractivity contribution in [1.82, 2.24) is 20.1 Å². The normalized spacial score (nSPS) is 14.5. The first kappa shape index (κ1) is 16.8. The van der Waals surface area contributed by atoms with Gasteiger partial charge in [0.15, 0.2) is 11.2 Å². The minimum absolute atomic E-state index is 0.0211. The van der Waals surface area contributed by atoms with Gasteiger partial charge in [-0.2, -0.15) is 0 Å². The smallest absolute Gasteiger partial charge is 0.342 e. The first-order valence-electron chi connectivity index (χ1n) is 8.29. The summed E-state index contributed by atoms with van der Waals surface area (Å²) in [4.78, 5) is 53.1. The van der Waals surface area contributed by atoms with E-state index in [0.29, 0.717) is 37.1 Å². The van der Waals surface area contributed by atoms with Gasteiger partial charge in [0, 0.05) is 32.2 Å². The monoisotopic (exact) mass is 369 g/mol. The molecule has 2 N–H and O–H groups in total. The van der Waals surface area contributed by atoms with E-state index in [1.165, 1.54) is 6.07 Å². The maximum atomic E-state index is 12.7. The van der Waals surface area contributed by atoms with Gasteiger partial charge in [-0.25, -0.2) is 9.89 Å². The molecular weight excluding hydrogens is 354 g/mol. The summed E-state index contributed by atoms with van der Waals surface area (Å²) in [6.07, 6.45) is 0. The number of H-pyrrole nitrogens is 2. The molecule has 1 aromatic carbocycles. The third kappa shape index (κ3) is 3.12. The number of amides is 1. The highest BCUT2D eigenvalue weighted by atomic mass is 16.3. The van der Waals surface area contributed by atoms with E-state index in [1.807, 2.05) is 0 Å². The molecular formula is C17H15N5O5. The maximum Gasteiger partial charge on any atom is 0.342 e. The number of benzene rings is 1. The van der Waals surface area contributed by atoms with E-state index < -0.39 is 11.2 Å². The topological polar surface area (TPSA) is 132 Å². The Hall–Kier alpha value is -3.69. The number of rotatable bonds is 2. The minimum Gasteiger partial charge on any atom is -0.451 e. The molecule has 0 unspecified atom stereocenters. The molecule has 0 aliphatic carbocycles. The predicted octanol–water partition coefficient (Wildman–Crippen LogP) is -0.473. The van der Waals surface area contributed by atoms with E-state index >= 15 is 0 Å². The van der Waals surface area contributed by atoms with Crippen molar-refractivity contribution < 1.29 is 9.21 Å². The lowest BCUT2D eigenvalue weighted by Gasteiger charge is -2.34. The van der Waals surface area contributed by atoms with Crippen LogP contribution in [0, 0.1) is 0 Å². The standard InChI is InChI=1S/C17H15N5O5/c23-11-9-13(27-12-4-2-1-3-10(11)12)16(25)22-7-5-21(6-8-22)14-15(24)18-17(26)20-19-14/h1-4,9H,5-8H2,(H2,18,20,24,26). The van der Waals surface area contributed by atoms with Gasteiger partial charge in [-0.1, -0.05) is 12.1 Å². The molecule has 1 aliphatic heterocycles. The number of aromatic nitrogens is 3. The van der Waals surface area contributed by atoms with Gasteiger partial charge in [0.1, 0.15) is 5.58 Å². The number of fused-ring (bicyclic) bond motifs is 1. The van der Waals surface area contributed by atoms with Crippen LogP contribution in [0.15, 0.2) is 49.1 Å². The summed E-state index contributed by atoms with van der Waals surface area (Å²) in [5, 5.41) is 6.36. The number of para-hydroxylation sites is 1. The number of nitrogens with zero attached hydrogens (tertiary/aromatic N) is 3. The third-order valence-electron chi connectivity index (χ3n) is 4.41. The van der Waals surface area contributed by atoms with Crippen molar-refractivity contribution in [2.75, 3.05) is 31.1 Å². The number of aromatic amines is 2. The number of piperazine rings is 1. The highest BCUT2D eigenvalue weighted by Gasteiger charge is 2.26. The quantitative estimate of drug-likeness (QED) is 0.624. The Morgan fingerprint density at radius 3 is 2.56 bits per heavy atom. The Kier molecular flexibility index (Phi) is 4.07. The van der Waals surface area contributed by atoms with Crippen LogP contribution in [-0.2, 0) is 0 Å². The Bertz CT molecular complexity index is 1190. The van der Waals surface area contributed by atoms with Crippen LogP contribution < -0.4 is 21.6 Å². The van der Waals surface area contributed by atoms with Gasteiger partial charge in [0.25, 0.3) is 11.5 Å². The average Bonchev–Trinajstić information content (AvgIpc) is 2.68. The van der Waals surface area contributed by atoms with Crippen LogP contribution in [0.5, 0.6) is 0 Å². The van der Waals surface area contributed by atoms with Crippen molar-refractivity contribution in [3.05, 3.63) is 67.2 Å². The summed E-state index contributed by atoms with van der Waals surface area (Å²) in [5.74, 6) is -0.313. The summed E-state index contributed by atoms with van der Waals surface area (Å²) in [6, 6.07) is 7.94. The zero-order chi connectivity index (χ0) is 19.0. The molecule has 0 saturated carbocycles. The lowest BCUT2D eigenvalue weighted by Crippen LogP contribution is -2.50. The molecule has 27 heavy (non-hydrogen) atoms. The highest BCUT2D eigenvalue weighted by Crippen LogP contribution is 2.15. The van der Waals surface area contributed by atoms with Crippen molar-refractivity contribution in [2.45, 2.75) is 0 Å². The van der Waals surface area contributed by atoms with Crippen molar-refractivity contribution in [3.63, 3.8) is 0 Å². The van der Waals surface area contributed by atoms with Crippen LogP contribution in [0.25, 0.3) is 11.0 Å². The Morgan fingerprint density at radius 2 is 1.81 bits per heavy atom. The number of carbonyl (C=O) groups is 1. The molecule has 1 aliphatic rings. The van der Waals surface area contributed by atoms with Gasteiger partial charge in [0.05, 0.1) is 5.39 Å². The number of hydrogen-bond donors (Lipinski definition) is 2. The third-order valence-corrected chi connectivity index (χ3v) is 4.41. The molecule has 4 rings (SSSR count). The second kappa shape index (κ2) is 6.56. The summed E-state index contributed by atoms with van der Waals surface area (Å²) in [7, 11) is 0. The Morgan fingerprint density at radius 1 is 1.07 bits per heavy atom. The van der Waals surface area contributed by atoms with Gasteiger partial charge < -0.3 is 14.2 Å². The zero-order valence-electron chi connectivity index (χ0n) is 14.1. The van der Waals surface area contributed by atoms with Crippen molar-refractivity contribution >= 4 is 22.7 Å². The molecule has 0 radical (unpaired) electrons. The van der Waals surface area contributed by atoms with Crippen LogP contribution in [-0.4, -0.2) is 52.2 Å². The van der Waals surface area contributed by atoms with E-state index in [0.717, 1.165) is 0 Å². The average molecular weight is 369 g/mol. The van der Waals surface area contributed by atoms with Crippen LogP contribution in [0.2, 0.25) is 0 Å². The zero-order valence-corrected chi connectivity index (χ0v) is 14.1. The summed E-state index contributed by atoms with van der Waals surface area (Å²) in [5.41, 5.74) is -1.18. The van der Waals surface area contributed by atoms with Gasteiger partial charge in [-0.15, -0.1) is 5.10 Å². The SMILES string of the molecule is O=C(c1cc(=O)c2ccccc2o1)N1CCN(c2n[nH]c(=O)[nH]c2=O)CC1. The molecule has 0 bridgehead atoms. The van der Waals surface area contributed by atoms with E-state index in [-0.39, 0.29) is 22.9 Å². The Labute approximate surface area is 151 Å². The maximum absolute atomic E-state index is 12.7. The molecule has 1 saturated heterocycles. The first-order chi connectivity index (χ1) is 13.0. The van der Waals surface area contributed by atoms with Gasteiger partial charge in [-0.05, 0) is 12.1 Å². The molecule has 138 valence electrons. The summed E-state index contributed by atoms with van der Waals surface area (Å²) < 4.78 is 5.59. The van der Waals surface area contributed by atoms with Gasteiger partial charge >= 0.3 is 5.69 Å². The van der Waals surface area contributed by atoms with Crippen LogP contribution >= 0.6 is 0 Å². The predicted molar refractivity (Wildman–Crippen MR) is 96.1 cm³/mol. The molecule has 3 heterocycles. The highest BCUT2D eigenvalue weighted by molar-refractivity contribution is 5.93. The van der Waals surface area contributed by atoms with Crippen molar-refractivity contribution in [1.29, 1.82) is 0 Å². The lowest BCUT2D eigenvalue weighted by molar-refractivity contribution is 0.0715. The van der Waals surface area contributed by atoms with Gasteiger partial charge in [0.2, 0.25) is 5.82 Å². The number of nitrogens with one attached hydrogen (secondary N) is 2. The largest absolute Gasteiger partial charge is 0.451 e. The molecule has 10 nitrogen and oxygen atoms in total. The number of anilines is 1. The van der Waals surface area contributed by atoms with Gasteiger partial charge in [-0.3, -0.25) is 19.4 Å². The molecule has 10 heteroatoms. The Balaban J connectivity index is 1.53.